The highest BCUT2D eigenvalue weighted by Gasteiger charge is 2.09. The number of halogens is 1. The fraction of sp³-hybridized carbons (Fsp3) is 0.0588. The lowest BCUT2D eigenvalue weighted by Gasteiger charge is -1.96. The summed E-state index contributed by atoms with van der Waals surface area (Å²) in [6.07, 6.45) is 0. The Morgan fingerprint density at radius 1 is 0.958 bits per heavy atom. The van der Waals surface area contributed by atoms with Crippen LogP contribution in [0.5, 0.6) is 0 Å². The number of rotatable bonds is 4. The molecule has 0 unspecified atom stereocenters. The first-order chi connectivity index (χ1) is 11.8. The fourth-order valence-corrected chi connectivity index (χ4v) is 3.08. The number of aromatic nitrogens is 5. The van der Waals surface area contributed by atoms with E-state index in [1.54, 1.807) is 12.1 Å². The Balaban J connectivity index is 1.52. The second kappa shape index (κ2) is 6.29. The molecule has 2 heterocycles. The number of tetrazole rings is 1. The highest BCUT2D eigenvalue weighted by Crippen LogP contribution is 2.24. The molecule has 7 heteroatoms. The fourth-order valence-electron chi connectivity index (χ4n) is 2.26. The van der Waals surface area contributed by atoms with E-state index < -0.39 is 0 Å². The molecular weight excluding hydrogens is 325 g/mol. The second-order valence-corrected chi connectivity index (χ2v) is 6.02. The molecule has 2 aromatic carbocycles. The lowest BCUT2D eigenvalue weighted by atomic mass is 10.2. The van der Waals surface area contributed by atoms with Gasteiger partial charge in [0.05, 0.1) is 5.69 Å². The van der Waals surface area contributed by atoms with Gasteiger partial charge in [-0.3, -0.25) is 0 Å². The van der Waals surface area contributed by atoms with E-state index in [4.69, 9.17) is 0 Å². The molecule has 0 atom stereocenters. The standard InChI is InChI=1S/C17H12FN5S/c18-14-8-6-13(7-9-14)17-19-15(11-24-17)10-23-21-16(20-22-23)12-4-2-1-3-5-12/h1-9,11H,10H2. The second-order valence-electron chi connectivity index (χ2n) is 5.16. The predicted octanol–water partition coefficient (Wildman–Crippen LogP) is 3.65. The van der Waals surface area contributed by atoms with Gasteiger partial charge >= 0.3 is 0 Å². The minimum absolute atomic E-state index is 0.254. The summed E-state index contributed by atoms with van der Waals surface area (Å²) in [7, 11) is 0. The van der Waals surface area contributed by atoms with E-state index in [1.807, 2.05) is 35.7 Å². The van der Waals surface area contributed by atoms with Crippen molar-refractivity contribution < 1.29 is 4.39 Å². The lowest BCUT2D eigenvalue weighted by Crippen LogP contribution is -2.04. The van der Waals surface area contributed by atoms with Gasteiger partial charge in [0.25, 0.3) is 0 Å². The molecular formula is C17H12FN5S. The van der Waals surface area contributed by atoms with Crippen molar-refractivity contribution in [2.24, 2.45) is 0 Å². The van der Waals surface area contributed by atoms with E-state index in [-0.39, 0.29) is 5.82 Å². The third-order valence-corrected chi connectivity index (χ3v) is 4.37. The van der Waals surface area contributed by atoms with E-state index in [9.17, 15) is 4.39 Å². The molecule has 4 aromatic rings. The number of thiazole rings is 1. The van der Waals surface area contributed by atoms with E-state index >= 15 is 0 Å². The first-order valence-corrected chi connectivity index (χ1v) is 8.19. The van der Waals surface area contributed by atoms with Gasteiger partial charge in [0.15, 0.2) is 0 Å². The maximum atomic E-state index is 13.0. The van der Waals surface area contributed by atoms with E-state index in [0.717, 1.165) is 21.8 Å². The zero-order valence-electron chi connectivity index (χ0n) is 12.5. The zero-order valence-corrected chi connectivity index (χ0v) is 13.3. The van der Waals surface area contributed by atoms with Gasteiger partial charge in [-0.05, 0) is 29.5 Å². The van der Waals surface area contributed by atoms with Crippen LogP contribution in [0.3, 0.4) is 0 Å². The average molecular weight is 337 g/mol. The van der Waals surface area contributed by atoms with Crippen LogP contribution >= 0.6 is 11.3 Å². The molecule has 0 aliphatic heterocycles. The molecule has 0 N–H and O–H groups in total. The topological polar surface area (TPSA) is 56.5 Å². The summed E-state index contributed by atoms with van der Waals surface area (Å²) in [5.41, 5.74) is 2.66. The zero-order chi connectivity index (χ0) is 16.4. The summed E-state index contributed by atoms with van der Waals surface area (Å²) in [6.45, 7) is 0.442. The van der Waals surface area contributed by atoms with Crippen molar-refractivity contribution >= 4 is 11.3 Å². The van der Waals surface area contributed by atoms with Crippen molar-refractivity contribution in [2.45, 2.75) is 6.54 Å². The summed E-state index contributed by atoms with van der Waals surface area (Å²) in [5, 5.41) is 15.3. The maximum absolute atomic E-state index is 13.0. The molecule has 0 saturated carbocycles. The van der Waals surface area contributed by atoms with Gasteiger partial charge in [-0.15, -0.1) is 21.5 Å². The van der Waals surface area contributed by atoms with Crippen molar-refractivity contribution in [3.8, 4) is 22.0 Å². The molecule has 24 heavy (non-hydrogen) atoms. The Bertz CT molecular complexity index is 947. The van der Waals surface area contributed by atoms with Crippen molar-refractivity contribution in [1.29, 1.82) is 0 Å². The van der Waals surface area contributed by atoms with Gasteiger partial charge < -0.3 is 0 Å². The van der Waals surface area contributed by atoms with Gasteiger partial charge in [0.1, 0.15) is 17.4 Å². The Hall–Kier alpha value is -2.93. The Labute approximate surface area is 141 Å². The molecule has 4 rings (SSSR count). The third-order valence-electron chi connectivity index (χ3n) is 3.43. The van der Waals surface area contributed by atoms with Gasteiger partial charge in [-0.2, -0.15) is 4.80 Å². The average Bonchev–Trinajstić information content (AvgIpc) is 3.27. The van der Waals surface area contributed by atoms with Crippen LogP contribution in [0.15, 0.2) is 60.0 Å². The Kier molecular flexibility index (Phi) is 3.84. The van der Waals surface area contributed by atoms with Crippen LogP contribution in [0.4, 0.5) is 4.39 Å². The lowest BCUT2D eigenvalue weighted by molar-refractivity contribution is 0.566. The van der Waals surface area contributed by atoms with Gasteiger partial charge in [-0.1, -0.05) is 30.3 Å². The van der Waals surface area contributed by atoms with Crippen LogP contribution in [0.25, 0.3) is 22.0 Å². The molecule has 5 nitrogen and oxygen atoms in total. The van der Waals surface area contributed by atoms with Gasteiger partial charge in [-0.25, -0.2) is 9.37 Å². The molecule has 0 spiro atoms. The molecule has 0 fully saturated rings. The van der Waals surface area contributed by atoms with Gasteiger partial charge in [0, 0.05) is 16.5 Å². The number of nitrogens with zero attached hydrogens (tertiary/aromatic N) is 5. The quantitative estimate of drug-likeness (QED) is 0.570. The summed E-state index contributed by atoms with van der Waals surface area (Å²) in [5.74, 6) is 0.334. The highest BCUT2D eigenvalue weighted by molar-refractivity contribution is 7.13. The number of hydrogen-bond donors (Lipinski definition) is 0. The number of benzene rings is 2. The van der Waals surface area contributed by atoms with Crippen molar-refractivity contribution in [2.75, 3.05) is 0 Å². The van der Waals surface area contributed by atoms with Crippen molar-refractivity contribution in [3.63, 3.8) is 0 Å². The normalized spacial score (nSPS) is 10.9. The summed E-state index contributed by atoms with van der Waals surface area (Å²) >= 11 is 1.51. The van der Waals surface area contributed by atoms with Gasteiger partial charge in [0.2, 0.25) is 5.82 Å². The third kappa shape index (κ3) is 3.07. The Morgan fingerprint density at radius 2 is 1.75 bits per heavy atom. The van der Waals surface area contributed by atoms with Crippen LogP contribution in [-0.2, 0) is 6.54 Å². The summed E-state index contributed by atoms with van der Waals surface area (Å²) < 4.78 is 13.0. The predicted molar refractivity (Wildman–Crippen MR) is 89.9 cm³/mol. The minimum atomic E-state index is -0.254. The molecule has 0 aliphatic carbocycles. The molecule has 2 aromatic heterocycles. The molecule has 118 valence electrons. The van der Waals surface area contributed by atoms with Crippen LogP contribution in [-0.4, -0.2) is 25.2 Å². The van der Waals surface area contributed by atoms with E-state index in [2.05, 4.69) is 20.4 Å². The monoisotopic (exact) mass is 337 g/mol. The Morgan fingerprint density at radius 3 is 2.54 bits per heavy atom. The summed E-state index contributed by atoms with van der Waals surface area (Å²) in [6, 6.07) is 16.0. The summed E-state index contributed by atoms with van der Waals surface area (Å²) in [4.78, 5) is 6.07. The molecule has 0 aliphatic rings. The van der Waals surface area contributed by atoms with E-state index in [0.29, 0.717) is 12.4 Å². The SMILES string of the molecule is Fc1ccc(-c2nc(Cn3nnc(-c4ccccc4)n3)cs2)cc1. The van der Waals surface area contributed by atoms with Crippen LogP contribution in [0, 0.1) is 5.82 Å². The number of hydrogen-bond acceptors (Lipinski definition) is 5. The molecule has 0 radical (unpaired) electrons. The highest BCUT2D eigenvalue weighted by atomic mass is 32.1. The maximum Gasteiger partial charge on any atom is 0.204 e. The first kappa shape index (κ1) is 14.6. The molecule has 0 saturated heterocycles. The molecule has 0 bridgehead atoms. The molecule has 0 amide bonds. The van der Waals surface area contributed by atoms with Crippen molar-refractivity contribution in [1.82, 2.24) is 25.2 Å². The largest absolute Gasteiger partial charge is 0.239 e. The smallest absolute Gasteiger partial charge is 0.204 e. The van der Waals surface area contributed by atoms with E-state index in [1.165, 1.54) is 28.3 Å². The van der Waals surface area contributed by atoms with Crippen LogP contribution in [0.2, 0.25) is 0 Å². The van der Waals surface area contributed by atoms with Crippen LogP contribution < -0.4 is 0 Å². The van der Waals surface area contributed by atoms with Crippen LogP contribution in [0.1, 0.15) is 5.69 Å². The van der Waals surface area contributed by atoms with Crippen molar-refractivity contribution in [3.05, 3.63) is 71.5 Å². The minimum Gasteiger partial charge on any atom is -0.239 e. The first-order valence-electron chi connectivity index (χ1n) is 7.31.